The lowest BCUT2D eigenvalue weighted by atomic mass is 9.96. The van der Waals surface area contributed by atoms with Crippen molar-refractivity contribution < 1.29 is 4.79 Å². The number of imidazole rings is 1. The van der Waals surface area contributed by atoms with E-state index in [9.17, 15) is 4.79 Å². The summed E-state index contributed by atoms with van der Waals surface area (Å²) in [5.74, 6) is 2.43. The summed E-state index contributed by atoms with van der Waals surface area (Å²) in [5, 5.41) is 0. The molecular weight excluding hydrogens is 390 g/mol. The number of hydrogen-bond acceptors (Lipinski definition) is 6. The Morgan fingerprint density at radius 2 is 1.90 bits per heavy atom. The fourth-order valence-electron chi connectivity index (χ4n) is 5.49. The molecule has 0 spiro atoms. The van der Waals surface area contributed by atoms with Gasteiger partial charge in [0.15, 0.2) is 17.0 Å². The molecule has 2 aromatic heterocycles. The molecule has 168 valence electrons. The van der Waals surface area contributed by atoms with Gasteiger partial charge in [-0.3, -0.25) is 9.69 Å². The van der Waals surface area contributed by atoms with Crippen LogP contribution in [-0.4, -0.2) is 81.0 Å². The molecule has 3 aliphatic rings. The summed E-state index contributed by atoms with van der Waals surface area (Å²) in [6, 6.07) is 0. The van der Waals surface area contributed by atoms with Crippen molar-refractivity contribution in [3.63, 3.8) is 0 Å². The van der Waals surface area contributed by atoms with Crippen molar-refractivity contribution in [3.05, 3.63) is 12.2 Å². The van der Waals surface area contributed by atoms with E-state index in [0.717, 1.165) is 94.4 Å². The first kappa shape index (κ1) is 20.7. The summed E-state index contributed by atoms with van der Waals surface area (Å²) in [6.45, 7) is 9.75. The van der Waals surface area contributed by atoms with Crippen molar-refractivity contribution in [2.75, 3.05) is 50.7 Å². The Kier molecular flexibility index (Phi) is 6.07. The Labute approximate surface area is 184 Å². The van der Waals surface area contributed by atoms with Crippen LogP contribution in [0.1, 0.15) is 51.3 Å². The Morgan fingerprint density at radius 1 is 1.03 bits per heavy atom. The first-order chi connectivity index (χ1) is 15.2. The summed E-state index contributed by atoms with van der Waals surface area (Å²) < 4.78 is 2.29. The van der Waals surface area contributed by atoms with Gasteiger partial charge in [-0.05, 0) is 38.6 Å². The smallest absolute Gasteiger partial charge is 0.227 e. The molecule has 8 nitrogen and oxygen atoms in total. The number of fused-ring (bicyclic) bond motifs is 3. The monoisotopic (exact) mass is 425 g/mol. The predicted molar refractivity (Wildman–Crippen MR) is 121 cm³/mol. The Morgan fingerprint density at radius 3 is 2.74 bits per heavy atom. The number of carbonyl (C=O) groups is 1. The van der Waals surface area contributed by atoms with Crippen LogP contribution in [0.25, 0.3) is 11.2 Å². The molecule has 0 radical (unpaired) electrons. The highest BCUT2D eigenvalue weighted by Crippen LogP contribution is 2.30. The quantitative estimate of drug-likeness (QED) is 0.749. The number of carbonyl (C=O) groups excluding carboxylic acids is 1. The van der Waals surface area contributed by atoms with Crippen LogP contribution in [0.5, 0.6) is 0 Å². The number of aromatic nitrogens is 4. The molecule has 5 heterocycles. The number of hydrogen-bond donors (Lipinski definition) is 0. The van der Waals surface area contributed by atoms with Crippen LogP contribution in [0, 0.1) is 5.92 Å². The highest BCUT2D eigenvalue weighted by Gasteiger charge is 2.32. The van der Waals surface area contributed by atoms with E-state index in [1.165, 1.54) is 25.7 Å². The summed E-state index contributed by atoms with van der Waals surface area (Å²) in [5.41, 5.74) is 1.88. The third-order valence-corrected chi connectivity index (χ3v) is 7.17. The Bertz CT molecular complexity index is 918. The summed E-state index contributed by atoms with van der Waals surface area (Å²) in [4.78, 5) is 34.3. The van der Waals surface area contributed by atoms with Crippen molar-refractivity contribution in [3.8, 4) is 0 Å². The van der Waals surface area contributed by atoms with E-state index in [1.54, 1.807) is 6.33 Å². The number of nitrogens with zero attached hydrogens (tertiary/aromatic N) is 7. The SMILES string of the molecule is CCCN1CCN(C(=O)[C@@H]2CCCN(c3ncnc4c3nc3n4CCCCC3)C2)CC1. The van der Waals surface area contributed by atoms with Crippen LogP contribution in [0.2, 0.25) is 0 Å². The van der Waals surface area contributed by atoms with Gasteiger partial charge in [0, 0.05) is 52.2 Å². The number of piperidine rings is 1. The maximum atomic E-state index is 13.3. The van der Waals surface area contributed by atoms with Crippen molar-refractivity contribution in [1.82, 2.24) is 29.3 Å². The highest BCUT2D eigenvalue weighted by atomic mass is 16.2. The first-order valence-corrected chi connectivity index (χ1v) is 12.2. The molecule has 8 heteroatoms. The van der Waals surface area contributed by atoms with Crippen molar-refractivity contribution in [1.29, 1.82) is 0 Å². The van der Waals surface area contributed by atoms with E-state index in [0.29, 0.717) is 5.91 Å². The lowest BCUT2D eigenvalue weighted by Gasteiger charge is -2.39. The minimum absolute atomic E-state index is 0.0527. The maximum absolute atomic E-state index is 13.3. The molecule has 0 bridgehead atoms. The maximum Gasteiger partial charge on any atom is 0.227 e. The second kappa shape index (κ2) is 9.10. The van der Waals surface area contributed by atoms with Crippen LogP contribution < -0.4 is 4.90 Å². The number of rotatable bonds is 4. The lowest BCUT2D eigenvalue weighted by Crippen LogP contribution is -2.52. The van der Waals surface area contributed by atoms with Gasteiger partial charge in [-0.15, -0.1) is 0 Å². The Balaban J connectivity index is 1.32. The van der Waals surface area contributed by atoms with E-state index in [1.807, 2.05) is 0 Å². The van der Waals surface area contributed by atoms with E-state index in [2.05, 4.69) is 36.2 Å². The number of anilines is 1. The van der Waals surface area contributed by atoms with E-state index in [-0.39, 0.29) is 5.92 Å². The van der Waals surface area contributed by atoms with Crippen molar-refractivity contribution in [2.45, 2.75) is 58.4 Å². The molecule has 5 rings (SSSR count). The number of amides is 1. The van der Waals surface area contributed by atoms with E-state index < -0.39 is 0 Å². The molecule has 2 fully saturated rings. The van der Waals surface area contributed by atoms with Gasteiger partial charge in [0.05, 0.1) is 5.92 Å². The first-order valence-electron chi connectivity index (χ1n) is 12.2. The molecule has 2 saturated heterocycles. The summed E-state index contributed by atoms with van der Waals surface area (Å²) in [6.07, 6.45) is 9.49. The largest absolute Gasteiger partial charge is 0.354 e. The molecule has 3 aliphatic heterocycles. The fourth-order valence-corrected chi connectivity index (χ4v) is 5.49. The number of aryl methyl sites for hydroxylation is 2. The van der Waals surface area contributed by atoms with Crippen LogP contribution >= 0.6 is 0 Å². The normalized spacial score (nSPS) is 23.1. The average Bonchev–Trinajstić information content (AvgIpc) is 3.00. The third-order valence-electron chi connectivity index (χ3n) is 7.17. The molecule has 1 amide bonds. The van der Waals surface area contributed by atoms with Gasteiger partial charge in [-0.25, -0.2) is 15.0 Å². The second-order valence-corrected chi connectivity index (χ2v) is 9.31. The van der Waals surface area contributed by atoms with E-state index >= 15 is 0 Å². The summed E-state index contributed by atoms with van der Waals surface area (Å²) in [7, 11) is 0. The van der Waals surface area contributed by atoms with Crippen LogP contribution in [0.4, 0.5) is 5.82 Å². The molecule has 0 aliphatic carbocycles. The molecule has 2 aromatic rings. The second-order valence-electron chi connectivity index (χ2n) is 9.31. The molecular formula is C23H35N7O. The van der Waals surface area contributed by atoms with Gasteiger partial charge >= 0.3 is 0 Å². The topological polar surface area (TPSA) is 70.4 Å². The minimum Gasteiger partial charge on any atom is -0.354 e. The standard InChI is InChI=1S/C23H35N7O/c1-2-9-27-12-14-28(15-13-27)23(31)18-7-6-10-29(16-18)21-20-22(25-17-24-21)30-11-5-3-4-8-19(30)26-20/h17-18H,2-16H2,1H3/t18-/m1/s1. The van der Waals surface area contributed by atoms with Crippen molar-refractivity contribution in [2.24, 2.45) is 5.92 Å². The zero-order valence-electron chi connectivity index (χ0n) is 18.8. The van der Waals surface area contributed by atoms with Gasteiger partial charge in [0.2, 0.25) is 5.91 Å². The van der Waals surface area contributed by atoms with E-state index in [4.69, 9.17) is 4.98 Å². The lowest BCUT2D eigenvalue weighted by molar-refractivity contribution is -0.137. The van der Waals surface area contributed by atoms with Crippen LogP contribution in [0.15, 0.2) is 6.33 Å². The molecule has 0 aromatic carbocycles. The van der Waals surface area contributed by atoms with Gasteiger partial charge in [0.1, 0.15) is 12.2 Å². The number of piperazine rings is 1. The van der Waals surface area contributed by atoms with Gasteiger partial charge < -0.3 is 14.4 Å². The molecule has 31 heavy (non-hydrogen) atoms. The van der Waals surface area contributed by atoms with Gasteiger partial charge in [0.25, 0.3) is 0 Å². The predicted octanol–water partition coefficient (Wildman–Crippen LogP) is 2.32. The van der Waals surface area contributed by atoms with Gasteiger partial charge in [-0.2, -0.15) is 0 Å². The average molecular weight is 426 g/mol. The fraction of sp³-hybridized carbons (Fsp3) is 0.739. The molecule has 0 unspecified atom stereocenters. The van der Waals surface area contributed by atoms with Crippen LogP contribution in [-0.2, 0) is 17.8 Å². The van der Waals surface area contributed by atoms with Gasteiger partial charge in [-0.1, -0.05) is 13.3 Å². The van der Waals surface area contributed by atoms with Crippen molar-refractivity contribution >= 4 is 22.9 Å². The zero-order valence-corrected chi connectivity index (χ0v) is 18.8. The molecule has 1 atom stereocenters. The highest BCUT2D eigenvalue weighted by molar-refractivity contribution is 5.85. The zero-order chi connectivity index (χ0) is 21.2. The molecule has 0 saturated carbocycles. The van der Waals surface area contributed by atoms with Crippen LogP contribution in [0.3, 0.4) is 0 Å². The molecule has 0 N–H and O–H groups in total. The third kappa shape index (κ3) is 4.14. The summed E-state index contributed by atoms with van der Waals surface area (Å²) >= 11 is 0. The Hall–Kier alpha value is -2.22. The minimum atomic E-state index is 0.0527.